The molecule has 5 nitrogen and oxygen atoms in total. The van der Waals surface area contributed by atoms with E-state index < -0.39 is 27.2 Å². The zero-order valence-electron chi connectivity index (χ0n) is 13.7. The Kier molecular flexibility index (Phi) is 4.35. The second-order valence-corrected chi connectivity index (χ2v) is 8.70. The first-order valence-corrected chi connectivity index (χ1v) is 9.46. The molecule has 1 unspecified atom stereocenters. The molecular formula is C16H19F3N2O3S. The smallest absolute Gasteiger partial charge is 0.356 e. The lowest BCUT2D eigenvalue weighted by molar-refractivity contribution is -0.137. The topological polar surface area (TPSA) is 66.5 Å². The standard InChI is InChI=1S/C16H19F3N2O3S/c1-11-7-12(16(17,18)19)9-13(8-11)25(23,24)21-6-2-3-15(10-21)4-5-20-14(15)22/h7-9H,2-6,10H2,1H3,(H,20,22). The summed E-state index contributed by atoms with van der Waals surface area (Å²) in [6.45, 7) is 2.13. The van der Waals surface area contributed by atoms with Crippen molar-refractivity contribution in [2.75, 3.05) is 19.6 Å². The molecule has 3 rings (SSSR count). The van der Waals surface area contributed by atoms with E-state index in [1.807, 2.05) is 0 Å². The molecule has 1 atom stereocenters. The number of sulfonamides is 1. The van der Waals surface area contributed by atoms with Gasteiger partial charge in [0.05, 0.1) is 15.9 Å². The van der Waals surface area contributed by atoms with Crippen LogP contribution >= 0.6 is 0 Å². The van der Waals surface area contributed by atoms with Gasteiger partial charge in [0.25, 0.3) is 0 Å². The van der Waals surface area contributed by atoms with Crippen LogP contribution in [0.25, 0.3) is 0 Å². The van der Waals surface area contributed by atoms with Gasteiger partial charge < -0.3 is 5.32 Å². The molecule has 1 aromatic carbocycles. The highest BCUT2D eigenvalue weighted by atomic mass is 32.2. The number of rotatable bonds is 2. The molecule has 1 aromatic rings. The van der Waals surface area contributed by atoms with E-state index in [1.165, 1.54) is 13.0 Å². The fourth-order valence-corrected chi connectivity index (χ4v) is 5.31. The minimum atomic E-state index is -4.62. The molecule has 2 aliphatic rings. The van der Waals surface area contributed by atoms with Gasteiger partial charge in [0.2, 0.25) is 15.9 Å². The first-order chi connectivity index (χ1) is 11.5. The number of alkyl halides is 3. The number of aryl methyl sites for hydroxylation is 1. The molecule has 0 aliphatic carbocycles. The maximum absolute atomic E-state index is 13.0. The summed E-state index contributed by atoms with van der Waals surface area (Å²) in [6, 6.07) is 2.82. The number of nitrogens with one attached hydrogen (secondary N) is 1. The maximum atomic E-state index is 13.0. The molecule has 2 heterocycles. The zero-order chi connectivity index (χ0) is 18.5. The Labute approximate surface area is 144 Å². The molecule has 1 amide bonds. The van der Waals surface area contributed by atoms with E-state index in [2.05, 4.69) is 5.32 Å². The van der Waals surface area contributed by atoms with Gasteiger partial charge in [0.1, 0.15) is 0 Å². The lowest BCUT2D eigenvalue weighted by atomic mass is 9.79. The summed E-state index contributed by atoms with van der Waals surface area (Å²) in [6.07, 6.45) is -2.98. The number of benzene rings is 1. The number of nitrogens with zero attached hydrogens (tertiary/aromatic N) is 1. The number of halogens is 3. The Balaban J connectivity index is 1.97. The lowest BCUT2D eigenvalue weighted by Gasteiger charge is -2.37. The van der Waals surface area contributed by atoms with E-state index >= 15 is 0 Å². The van der Waals surface area contributed by atoms with Crippen LogP contribution < -0.4 is 5.32 Å². The van der Waals surface area contributed by atoms with Gasteiger partial charge in [-0.05, 0) is 49.9 Å². The van der Waals surface area contributed by atoms with Crippen LogP contribution in [0.4, 0.5) is 13.2 Å². The van der Waals surface area contributed by atoms with Crippen molar-refractivity contribution in [2.24, 2.45) is 5.41 Å². The molecule has 0 aromatic heterocycles. The van der Waals surface area contributed by atoms with Crippen molar-refractivity contribution in [1.29, 1.82) is 0 Å². The van der Waals surface area contributed by atoms with Crippen LogP contribution in [0.1, 0.15) is 30.4 Å². The van der Waals surface area contributed by atoms with E-state index in [0.717, 1.165) is 10.4 Å². The Morgan fingerprint density at radius 3 is 2.52 bits per heavy atom. The molecule has 2 aliphatic heterocycles. The predicted molar refractivity (Wildman–Crippen MR) is 84.2 cm³/mol. The molecular weight excluding hydrogens is 357 g/mol. The Hall–Kier alpha value is -1.61. The molecule has 1 spiro atoms. The number of carbonyl (C=O) groups excluding carboxylic acids is 1. The van der Waals surface area contributed by atoms with Crippen LogP contribution in [0.15, 0.2) is 23.1 Å². The number of amides is 1. The summed E-state index contributed by atoms with van der Waals surface area (Å²) in [4.78, 5) is 11.7. The molecule has 138 valence electrons. The van der Waals surface area contributed by atoms with E-state index in [-0.39, 0.29) is 29.5 Å². The molecule has 2 saturated heterocycles. The fraction of sp³-hybridized carbons (Fsp3) is 0.562. The summed E-state index contributed by atoms with van der Waals surface area (Å²) in [5.41, 5.74) is -1.53. The SMILES string of the molecule is Cc1cc(C(F)(F)F)cc(S(=O)(=O)N2CCCC3(CCNC3=O)C2)c1. The number of hydrogen-bond donors (Lipinski definition) is 1. The van der Waals surface area contributed by atoms with E-state index in [9.17, 15) is 26.4 Å². The largest absolute Gasteiger partial charge is 0.416 e. The molecule has 0 radical (unpaired) electrons. The molecule has 9 heteroatoms. The molecule has 0 saturated carbocycles. The highest BCUT2D eigenvalue weighted by Crippen LogP contribution is 2.39. The molecule has 25 heavy (non-hydrogen) atoms. The average Bonchev–Trinajstić information content (AvgIpc) is 2.86. The number of piperidine rings is 1. The Bertz CT molecular complexity index is 807. The van der Waals surface area contributed by atoms with Crippen LogP contribution in [0.2, 0.25) is 0 Å². The minimum Gasteiger partial charge on any atom is -0.356 e. The summed E-state index contributed by atoms with van der Waals surface area (Å²) in [5, 5.41) is 2.72. The number of carbonyl (C=O) groups is 1. The van der Waals surface area contributed by atoms with Gasteiger partial charge in [-0.15, -0.1) is 0 Å². The van der Waals surface area contributed by atoms with Crippen molar-refractivity contribution < 1.29 is 26.4 Å². The third kappa shape index (κ3) is 3.27. The second-order valence-electron chi connectivity index (χ2n) is 6.76. The first-order valence-electron chi connectivity index (χ1n) is 8.02. The van der Waals surface area contributed by atoms with E-state index in [1.54, 1.807) is 0 Å². The quantitative estimate of drug-likeness (QED) is 0.861. The zero-order valence-corrected chi connectivity index (χ0v) is 14.5. The minimum absolute atomic E-state index is 0.0104. The van der Waals surface area contributed by atoms with Crippen LogP contribution in [-0.4, -0.2) is 38.3 Å². The van der Waals surface area contributed by atoms with Crippen LogP contribution in [0, 0.1) is 12.3 Å². The Morgan fingerprint density at radius 1 is 1.20 bits per heavy atom. The normalized spacial score (nSPS) is 25.4. The average molecular weight is 376 g/mol. The van der Waals surface area contributed by atoms with Crippen molar-refractivity contribution in [3.8, 4) is 0 Å². The third-order valence-electron chi connectivity index (χ3n) is 4.93. The van der Waals surface area contributed by atoms with Gasteiger partial charge in [-0.3, -0.25) is 4.79 Å². The van der Waals surface area contributed by atoms with Gasteiger partial charge in [-0.2, -0.15) is 17.5 Å². The van der Waals surface area contributed by atoms with Crippen molar-refractivity contribution in [3.05, 3.63) is 29.3 Å². The summed E-state index contributed by atoms with van der Waals surface area (Å²) >= 11 is 0. The number of hydrogen-bond acceptors (Lipinski definition) is 3. The van der Waals surface area contributed by atoms with Crippen LogP contribution in [-0.2, 0) is 21.0 Å². The van der Waals surface area contributed by atoms with E-state index in [0.29, 0.717) is 31.9 Å². The molecule has 2 fully saturated rings. The summed E-state index contributed by atoms with van der Waals surface area (Å²) in [7, 11) is -4.10. The van der Waals surface area contributed by atoms with E-state index in [4.69, 9.17) is 0 Å². The molecule has 1 N–H and O–H groups in total. The predicted octanol–water partition coefficient (Wildman–Crippen LogP) is 2.30. The summed E-state index contributed by atoms with van der Waals surface area (Å²) < 4.78 is 66.0. The summed E-state index contributed by atoms with van der Waals surface area (Å²) in [5.74, 6) is -0.173. The van der Waals surface area contributed by atoms with Crippen LogP contribution in [0.5, 0.6) is 0 Å². The van der Waals surface area contributed by atoms with Gasteiger partial charge in [0.15, 0.2) is 0 Å². The van der Waals surface area contributed by atoms with Gasteiger partial charge in [-0.25, -0.2) is 8.42 Å². The highest BCUT2D eigenvalue weighted by Gasteiger charge is 2.48. The third-order valence-corrected chi connectivity index (χ3v) is 6.75. The van der Waals surface area contributed by atoms with Gasteiger partial charge in [-0.1, -0.05) is 0 Å². The van der Waals surface area contributed by atoms with Crippen molar-refractivity contribution in [2.45, 2.75) is 37.3 Å². The fourth-order valence-electron chi connectivity index (χ4n) is 3.61. The second kappa shape index (κ2) is 5.98. The highest BCUT2D eigenvalue weighted by molar-refractivity contribution is 7.89. The van der Waals surface area contributed by atoms with Gasteiger partial charge in [0, 0.05) is 19.6 Å². The monoisotopic (exact) mass is 376 g/mol. The Morgan fingerprint density at radius 2 is 1.92 bits per heavy atom. The van der Waals surface area contributed by atoms with Crippen molar-refractivity contribution in [1.82, 2.24) is 9.62 Å². The van der Waals surface area contributed by atoms with Gasteiger partial charge >= 0.3 is 6.18 Å². The maximum Gasteiger partial charge on any atom is 0.416 e. The lowest BCUT2D eigenvalue weighted by Crippen LogP contribution is -2.49. The first kappa shape index (κ1) is 18.2. The van der Waals surface area contributed by atoms with Crippen LogP contribution in [0.3, 0.4) is 0 Å². The van der Waals surface area contributed by atoms with Crippen molar-refractivity contribution in [3.63, 3.8) is 0 Å². The molecule has 0 bridgehead atoms. The van der Waals surface area contributed by atoms with Crippen molar-refractivity contribution >= 4 is 15.9 Å².